The van der Waals surface area contributed by atoms with Crippen LogP contribution in [-0.2, 0) is 4.79 Å². The summed E-state index contributed by atoms with van der Waals surface area (Å²) >= 11 is 0. The molecule has 0 aliphatic carbocycles. The third-order valence-electron chi connectivity index (χ3n) is 2.40. The number of carboxylic acids is 1. The van der Waals surface area contributed by atoms with E-state index in [1.165, 1.54) is 19.1 Å². The molecule has 0 amide bonds. The number of halogens is 1. The summed E-state index contributed by atoms with van der Waals surface area (Å²) in [5.74, 6) is -1.86. The first kappa shape index (κ1) is 11.5. The first-order chi connectivity index (χ1) is 6.93. The summed E-state index contributed by atoms with van der Waals surface area (Å²) in [6.07, 6.45) is -0.127. The van der Waals surface area contributed by atoms with Crippen LogP contribution in [0.2, 0.25) is 0 Å². The Labute approximate surface area is 87.2 Å². The zero-order chi connectivity index (χ0) is 11.6. The smallest absolute Gasteiger partial charge is 0.303 e. The zero-order valence-electron chi connectivity index (χ0n) is 8.62. The third-order valence-corrected chi connectivity index (χ3v) is 2.40. The van der Waals surface area contributed by atoms with E-state index >= 15 is 0 Å². The Kier molecular flexibility index (Phi) is 3.29. The van der Waals surface area contributed by atoms with Crippen LogP contribution in [0.1, 0.15) is 30.4 Å². The van der Waals surface area contributed by atoms with Gasteiger partial charge in [0.15, 0.2) is 0 Å². The van der Waals surface area contributed by atoms with E-state index in [9.17, 15) is 14.3 Å². The number of phenolic OH excluding ortho intramolecular Hbond substituents is 1. The molecule has 0 fully saturated rings. The number of rotatable bonds is 3. The Hall–Kier alpha value is -1.58. The molecule has 1 aromatic rings. The number of hydrogen-bond donors (Lipinski definition) is 2. The number of aromatic hydroxyl groups is 1. The van der Waals surface area contributed by atoms with Gasteiger partial charge in [-0.2, -0.15) is 0 Å². The van der Waals surface area contributed by atoms with Gasteiger partial charge in [0, 0.05) is 5.56 Å². The molecule has 0 bridgehead atoms. The third kappa shape index (κ3) is 2.46. The van der Waals surface area contributed by atoms with Crippen LogP contribution in [0.4, 0.5) is 4.39 Å². The molecule has 0 heterocycles. The Morgan fingerprint density at radius 3 is 2.67 bits per heavy atom. The molecule has 4 heteroatoms. The molecule has 1 unspecified atom stereocenters. The van der Waals surface area contributed by atoms with E-state index in [0.29, 0.717) is 11.1 Å². The lowest BCUT2D eigenvalue weighted by Crippen LogP contribution is -2.05. The molecule has 0 aromatic heterocycles. The Bertz CT molecular complexity index is 388. The molecule has 0 radical (unpaired) electrons. The van der Waals surface area contributed by atoms with E-state index in [2.05, 4.69) is 0 Å². The van der Waals surface area contributed by atoms with Crippen LogP contribution in [0.3, 0.4) is 0 Å². The van der Waals surface area contributed by atoms with Crippen molar-refractivity contribution in [3.05, 3.63) is 29.1 Å². The highest BCUT2D eigenvalue weighted by atomic mass is 19.1. The van der Waals surface area contributed by atoms with Crippen molar-refractivity contribution in [3.8, 4) is 5.75 Å². The molecule has 15 heavy (non-hydrogen) atoms. The predicted molar refractivity (Wildman–Crippen MR) is 53.5 cm³/mol. The summed E-state index contributed by atoms with van der Waals surface area (Å²) in [5.41, 5.74) is 0.682. The van der Waals surface area contributed by atoms with Gasteiger partial charge in [0.05, 0.1) is 6.42 Å². The first-order valence-electron chi connectivity index (χ1n) is 4.63. The second kappa shape index (κ2) is 4.29. The van der Waals surface area contributed by atoms with Gasteiger partial charge >= 0.3 is 5.97 Å². The van der Waals surface area contributed by atoms with Gasteiger partial charge in [0.1, 0.15) is 11.6 Å². The van der Waals surface area contributed by atoms with Crippen molar-refractivity contribution < 1.29 is 19.4 Å². The van der Waals surface area contributed by atoms with Crippen molar-refractivity contribution in [2.24, 2.45) is 0 Å². The van der Waals surface area contributed by atoms with E-state index < -0.39 is 17.7 Å². The summed E-state index contributed by atoms with van der Waals surface area (Å²) in [5, 5.41) is 18.2. The van der Waals surface area contributed by atoms with Crippen LogP contribution in [0.25, 0.3) is 0 Å². The van der Waals surface area contributed by atoms with Crippen molar-refractivity contribution in [1.82, 2.24) is 0 Å². The predicted octanol–water partition coefficient (Wildman–Crippen LogP) is 2.42. The van der Waals surface area contributed by atoms with Gasteiger partial charge in [-0.15, -0.1) is 0 Å². The normalized spacial score (nSPS) is 12.5. The second-order valence-corrected chi connectivity index (χ2v) is 3.60. The number of benzene rings is 1. The van der Waals surface area contributed by atoms with E-state index in [-0.39, 0.29) is 12.2 Å². The molecule has 1 atom stereocenters. The summed E-state index contributed by atoms with van der Waals surface area (Å²) in [7, 11) is 0. The number of hydrogen-bond acceptors (Lipinski definition) is 2. The van der Waals surface area contributed by atoms with Gasteiger partial charge in [-0.1, -0.05) is 6.92 Å². The summed E-state index contributed by atoms with van der Waals surface area (Å²) in [6.45, 7) is 3.18. The average Bonchev–Trinajstić information content (AvgIpc) is 2.11. The van der Waals surface area contributed by atoms with E-state index in [1.807, 2.05) is 0 Å². The highest BCUT2D eigenvalue weighted by Crippen LogP contribution is 2.32. The lowest BCUT2D eigenvalue weighted by Gasteiger charge is -2.14. The first-order valence-corrected chi connectivity index (χ1v) is 4.63. The number of carboxylic acid groups (broad SMARTS) is 1. The molecule has 0 saturated carbocycles. The van der Waals surface area contributed by atoms with Gasteiger partial charge in [0.2, 0.25) is 0 Å². The minimum Gasteiger partial charge on any atom is -0.508 e. The minimum atomic E-state index is -0.967. The number of aliphatic carboxylic acids is 1. The lowest BCUT2D eigenvalue weighted by atomic mass is 9.92. The van der Waals surface area contributed by atoms with Gasteiger partial charge in [-0.05, 0) is 30.5 Å². The quantitative estimate of drug-likeness (QED) is 0.808. The fraction of sp³-hybridized carbons (Fsp3) is 0.364. The van der Waals surface area contributed by atoms with E-state index in [4.69, 9.17) is 5.11 Å². The molecule has 2 N–H and O–H groups in total. The van der Waals surface area contributed by atoms with E-state index in [0.717, 1.165) is 0 Å². The lowest BCUT2D eigenvalue weighted by molar-refractivity contribution is -0.137. The summed E-state index contributed by atoms with van der Waals surface area (Å²) in [4.78, 5) is 10.5. The van der Waals surface area contributed by atoms with Gasteiger partial charge in [-0.25, -0.2) is 4.39 Å². The van der Waals surface area contributed by atoms with Gasteiger partial charge < -0.3 is 10.2 Å². The molecule has 0 aliphatic rings. The fourth-order valence-electron chi connectivity index (χ4n) is 1.67. The largest absolute Gasteiger partial charge is 0.508 e. The summed E-state index contributed by atoms with van der Waals surface area (Å²) in [6, 6.07) is 2.41. The van der Waals surface area contributed by atoms with Crippen LogP contribution in [-0.4, -0.2) is 16.2 Å². The Morgan fingerprint density at radius 2 is 2.13 bits per heavy atom. The number of carbonyl (C=O) groups is 1. The average molecular weight is 212 g/mol. The topological polar surface area (TPSA) is 57.5 Å². The highest BCUT2D eigenvalue weighted by molar-refractivity contribution is 5.68. The van der Waals surface area contributed by atoms with Crippen molar-refractivity contribution in [2.45, 2.75) is 26.2 Å². The summed E-state index contributed by atoms with van der Waals surface area (Å²) < 4.78 is 13.2. The maximum atomic E-state index is 13.2. The molecular formula is C11H13FO3. The van der Waals surface area contributed by atoms with Crippen molar-refractivity contribution in [2.75, 3.05) is 0 Å². The molecule has 0 spiro atoms. The Balaban J connectivity index is 3.12. The molecule has 1 aromatic carbocycles. The van der Waals surface area contributed by atoms with Crippen LogP contribution >= 0.6 is 0 Å². The van der Waals surface area contributed by atoms with Crippen LogP contribution in [0.15, 0.2) is 12.1 Å². The molecule has 3 nitrogen and oxygen atoms in total. The minimum absolute atomic E-state index is 0.0531. The van der Waals surface area contributed by atoms with Crippen molar-refractivity contribution >= 4 is 5.97 Å². The SMILES string of the molecule is Cc1c(F)ccc(O)c1C(C)CC(=O)O. The van der Waals surface area contributed by atoms with Crippen LogP contribution in [0, 0.1) is 12.7 Å². The monoisotopic (exact) mass is 212 g/mol. The zero-order valence-corrected chi connectivity index (χ0v) is 8.62. The number of phenols is 1. The van der Waals surface area contributed by atoms with Crippen LogP contribution in [0.5, 0.6) is 5.75 Å². The van der Waals surface area contributed by atoms with Gasteiger partial charge in [-0.3, -0.25) is 4.79 Å². The fourth-order valence-corrected chi connectivity index (χ4v) is 1.67. The van der Waals surface area contributed by atoms with Crippen LogP contribution < -0.4 is 0 Å². The maximum Gasteiger partial charge on any atom is 0.303 e. The standard InChI is InChI=1S/C11H13FO3/c1-6(5-10(14)15)11-7(2)8(12)3-4-9(11)13/h3-4,6,13H,5H2,1-2H3,(H,14,15). The van der Waals surface area contributed by atoms with Crippen molar-refractivity contribution in [3.63, 3.8) is 0 Å². The molecule has 0 saturated heterocycles. The van der Waals surface area contributed by atoms with E-state index in [1.54, 1.807) is 6.92 Å². The molecular weight excluding hydrogens is 199 g/mol. The highest BCUT2D eigenvalue weighted by Gasteiger charge is 2.18. The van der Waals surface area contributed by atoms with Crippen molar-refractivity contribution in [1.29, 1.82) is 0 Å². The molecule has 82 valence electrons. The van der Waals surface area contributed by atoms with Gasteiger partial charge in [0.25, 0.3) is 0 Å². The second-order valence-electron chi connectivity index (χ2n) is 3.60. The Morgan fingerprint density at radius 1 is 1.53 bits per heavy atom. The maximum absolute atomic E-state index is 13.2. The molecule has 0 aliphatic heterocycles. The molecule has 1 rings (SSSR count).